The van der Waals surface area contributed by atoms with Crippen LogP contribution in [0.25, 0.3) is 21.8 Å². The van der Waals surface area contributed by atoms with Gasteiger partial charge in [0.1, 0.15) is 0 Å². The first-order valence-electron chi connectivity index (χ1n) is 10.2. The Kier molecular flexibility index (Phi) is 5.12. The highest BCUT2D eigenvalue weighted by Gasteiger charge is 2.05. The Morgan fingerprint density at radius 2 is 1.73 bits per heavy atom. The number of halogens is 1. The maximum atomic E-state index is 6.08. The third kappa shape index (κ3) is 3.89. The van der Waals surface area contributed by atoms with E-state index in [-0.39, 0.29) is 0 Å². The average molecular weight is 412 g/mol. The van der Waals surface area contributed by atoms with E-state index < -0.39 is 0 Å². The molecule has 2 aromatic heterocycles. The topological polar surface area (TPSA) is 40.7 Å². The SMILES string of the molecule is Clc1ccc2c(CCCc3ccc(Nc4ccnc5ccccc45)cc3)c[nH]c2c1. The number of nitrogens with one attached hydrogen (secondary N) is 2. The second-order valence-electron chi connectivity index (χ2n) is 7.55. The first-order valence-corrected chi connectivity index (χ1v) is 10.6. The first kappa shape index (κ1) is 18.7. The molecule has 4 heteroatoms. The highest BCUT2D eigenvalue weighted by Crippen LogP contribution is 2.26. The minimum atomic E-state index is 0.768. The van der Waals surface area contributed by atoms with Gasteiger partial charge in [0.25, 0.3) is 0 Å². The molecule has 2 N–H and O–H groups in total. The summed E-state index contributed by atoms with van der Waals surface area (Å²) in [6.45, 7) is 0. The predicted molar refractivity (Wildman–Crippen MR) is 127 cm³/mol. The molecule has 3 nitrogen and oxygen atoms in total. The van der Waals surface area contributed by atoms with Gasteiger partial charge in [-0.1, -0.05) is 48.0 Å². The van der Waals surface area contributed by atoms with Crippen molar-refractivity contribution in [2.45, 2.75) is 19.3 Å². The molecule has 5 aromatic rings. The van der Waals surface area contributed by atoms with Crippen molar-refractivity contribution in [1.29, 1.82) is 0 Å². The van der Waals surface area contributed by atoms with Crippen molar-refractivity contribution in [1.82, 2.24) is 9.97 Å². The Labute approximate surface area is 180 Å². The van der Waals surface area contributed by atoms with E-state index in [0.29, 0.717) is 0 Å². The van der Waals surface area contributed by atoms with Crippen LogP contribution in [-0.4, -0.2) is 9.97 Å². The Morgan fingerprint density at radius 3 is 2.63 bits per heavy atom. The predicted octanol–water partition coefficient (Wildman–Crippen LogP) is 7.29. The molecule has 3 aromatic carbocycles. The fourth-order valence-electron chi connectivity index (χ4n) is 3.96. The highest BCUT2D eigenvalue weighted by atomic mass is 35.5. The number of aryl methyl sites for hydroxylation is 2. The summed E-state index contributed by atoms with van der Waals surface area (Å²) in [5.41, 5.74) is 6.97. The summed E-state index contributed by atoms with van der Waals surface area (Å²) in [6.07, 6.45) is 7.16. The number of hydrogen-bond donors (Lipinski definition) is 2. The molecule has 0 saturated carbocycles. The molecule has 30 heavy (non-hydrogen) atoms. The second kappa shape index (κ2) is 8.21. The molecule has 0 aliphatic rings. The van der Waals surface area contributed by atoms with Crippen molar-refractivity contribution in [3.8, 4) is 0 Å². The van der Waals surface area contributed by atoms with Gasteiger partial charge in [-0.05, 0) is 66.8 Å². The lowest BCUT2D eigenvalue weighted by Crippen LogP contribution is -1.94. The number of rotatable bonds is 6. The van der Waals surface area contributed by atoms with Crippen LogP contribution in [0.15, 0.2) is 85.2 Å². The summed E-state index contributed by atoms with van der Waals surface area (Å²) >= 11 is 6.08. The molecule has 0 fully saturated rings. The van der Waals surface area contributed by atoms with Gasteiger partial charge >= 0.3 is 0 Å². The summed E-state index contributed by atoms with van der Waals surface area (Å²) < 4.78 is 0. The van der Waals surface area contributed by atoms with E-state index in [0.717, 1.165) is 52.1 Å². The smallest absolute Gasteiger partial charge is 0.0722 e. The molecule has 0 bridgehead atoms. The third-order valence-corrected chi connectivity index (χ3v) is 5.76. The summed E-state index contributed by atoms with van der Waals surface area (Å²) in [5.74, 6) is 0. The average Bonchev–Trinajstić information content (AvgIpc) is 3.17. The number of H-pyrrole nitrogens is 1. The maximum Gasteiger partial charge on any atom is 0.0722 e. The minimum Gasteiger partial charge on any atom is -0.361 e. The summed E-state index contributed by atoms with van der Waals surface area (Å²) in [6, 6.07) is 25.0. The van der Waals surface area contributed by atoms with E-state index in [4.69, 9.17) is 11.6 Å². The lowest BCUT2D eigenvalue weighted by molar-refractivity contribution is 0.825. The normalized spacial score (nSPS) is 11.2. The van der Waals surface area contributed by atoms with Crippen molar-refractivity contribution < 1.29 is 0 Å². The van der Waals surface area contributed by atoms with Crippen LogP contribution >= 0.6 is 11.6 Å². The van der Waals surface area contributed by atoms with Gasteiger partial charge in [0.2, 0.25) is 0 Å². The fourth-order valence-corrected chi connectivity index (χ4v) is 4.14. The van der Waals surface area contributed by atoms with Gasteiger partial charge in [-0.3, -0.25) is 4.98 Å². The van der Waals surface area contributed by atoms with Gasteiger partial charge in [0.15, 0.2) is 0 Å². The lowest BCUT2D eigenvalue weighted by Gasteiger charge is -2.10. The van der Waals surface area contributed by atoms with E-state index in [9.17, 15) is 0 Å². The van der Waals surface area contributed by atoms with E-state index in [1.165, 1.54) is 16.5 Å². The fraction of sp³-hybridized carbons (Fsp3) is 0.115. The van der Waals surface area contributed by atoms with Crippen molar-refractivity contribution >= 4 is 44.8 Å². The van der Waals surface area contributed by atoms with E-state index >= 15 is 0 Å². The van der Waals surface area contributed by atoms with Crippen LogP contribution in [0.1, 0.15) is 17.5 Å². The molecule has 0 spiro atoms. The Bertz CT molecular complexity index is 1300. The van der Waals surface area contributed by atoms with E-state index in [1.54, 1.807) is 0 Å². The number of hydrogen-bond acceptors (Lipinski definition) is 2. The number of anilines is 2. The molecule has 0 unspecified atom stereocenters. The molecular formula is C26H22ClN3. The van der Waals surface area contributed by atoms with Gasteiger partial charge in [0.05, 0.1) is 5.52 Å². The van der Waals surface area contributed by atoms with Crippen molar-refractivity contribution in [2.75, 3.05) is 5.32 Å². The number of fused-ring (bicyclic) bond motifs is 2. The van der Waals surface area contributed by atoms with Crippen LogP contribution in [0.5, 0.6) is 0 Å². The number of aromatic nitrogens is 2. The Morgan fingerprint density at radius 1 is 0.867 bits per heavy atom. The van der Waals surface area contributed by atoms with Crippen LogP contribution in [0.4, 0.5) is 11.4 Å². The number of para-hydroxylation sites is 1. The second-order valence-corrected chi connectivity index (χ2v) is 7.99. The van der Waals surface area contributed by atoms with Gasteiger partial charge < -0.3 is 10.3 Å². The van der Waals surface area contributed by atoms with Crippen LogP contribution in [0, 0.1) is 0 Å². The molecule has 0 radical (unpaired) electrons. The molecule has 5 rings (SSSR count). The van der Waals surface area contributed by atoms with Gasteiger partial charge in [-0.25, -0.2) is 0 Å². The Balaban J connectivity index is 1.23. The minimum absolute atomic E-state index is 0.768. The highest BCUT2D eigenvalue weighted by molar-refractivity contribution is 6.31. The van der Waals surface area contributed by atoms with Crippen LogP contribution in [0.3, 0.4) is 0 Å². The lowest BCUT2D eigenvalue weighted by atomic mass is 10.0. The first-order chi connectivity index (χ1) is 14.8. The summed E-state index contributed by atoms with van der Waals surface area (Å²) in [5, 5.41) is 6.69. The maximum absolute atomic E-state index is 6.08. The molecule has 0 aliphatic heterocycles. The van der Waals surface area contributed by atoms with Crippen molar-refractivity contribution in [3.05, 3.63) is 101 Å². The zero-order valence-corrected chi connectivity index (χ0v) is 17.3. The molecular weight excluding hydrogens is 390 g/mol. The zero-order chi connectivity index (χ0) is 20.3. The standard InChI is InChI=1S/C26H22ClN3/c27-20-10-13-22-19(17-29-26(22)16-20)5-3-4-18-8-11-21(12-9-18)30-25-14-15-28-24-7-2-1-6-23(24)25/h1-2,6-17,29H,3-5H2,(H,28,30). The summed E-state index contributed by atoms with van der Waals surface area (Å²) in [4.78, 5) is 7.75. The van der Waals surface area contributed by atoms with Crippen LogP contribution in [0.2, 0.25) is 5.02 Å². The molecule has 2 heterocycles. The number of pyridine rings is 1. The molecule has 148 valence electrons. The number of benzene rings is 3. The van der Waals surface area contributed by atoms with Gasteiger partial charge in [-0.2, -0.15) is 0 Å². The summed E-state index contributed by atoms with van der Waals surface area (Å²) in [7, 11) is 0. The van der Waals surface area contributed by atoms with Crippen molar-refractivity contribution in [3.63, 3.8) is 0 Å². The van der Waals surface area contributed by atoms with Crippen LogP contribution < -0.4 is 5.32 Å². The quantitative estimate of drug-likeness (QED) is 0.308. The number of aromatic amines is 1. The van der Waals surface area contributed by atoms with Gasteiger partial charge in [0, 0.05) is 45.1 Å². The van der Waals surface area contributed by atoms with Crippen LogP contribution in [-0.2, 0) is 12.8 Å². The Hall–Kier alpha value is -3.30. The van der Waals surface area contributed by atoms with E-state index in [2.05, 4.69) is 57.9 Å². The molecule has 0 amide bonds. The largest absolute Gasteiger partial charge is 0.361 e. The molecule has 0 atom stereocenters. The molecule has 0 aliphatic carbocycles. The van der Waals surface area contributed by atoms with E-state index in [1.807, 2.05) is 42.6 Å². The molecule has 0 saturated heterocycles. The number of nitrogens with zero attached hydrogens (tertiary/aromatic N) is 1. The van der Waals surface area contributed by atoms with Gasteiger partial charge in [-0.15, -0.1) is 0 Å². The van der Waals surface area contributed by atoms with Crippen molar-refractivity contribution in [2.24, 2.45) is 0 Å². The monoisotopic (exact) mass is 411 g/mol. The zero-order valence-electron chi connectivity index (χ0n) is 16.5. The third-order valence-electron chi connectivity index (χ3n) is 5.52.